The van der Waals surface area contributed by atoms with E-state index in [4.69, 9.17) is 4.42 Å². The fraction of sp³-hybridized carbons (Fsp3) is 0.250. The second kappa shape index (κ2) is 6.13. The highest BCUT2D eigenvalue weighted by Gasteiger charge is 2.45. The van der Waals surface area contributed by atoms with E-state index in [-0.39, 0.29) is 24.3 Å². The maximum atomic E-state index is 12.5. The molecule has 1 saturated carbocycles. The van der Waals surface area contributed by atoms with E-state index in [0.29, 0.717) is 5.76 Å². The van der Waals surface area contributed by atoms with Crippen molar-refractivity contribution < 1.29 is 14.3 Å². The number of carbonyl (C=O) groups excluding carboxylic acids is 1. The molecule has 4 heteroatoms. The second-order valence-corrected chi connectivity index (χ2v) is 6.28. The van der Waals surface area contributed by atoms with Crippen LogP contribution in [0.2, 0.25) is 0 Å². The number of rotatable bonds is 5. The highest BCUT2D eigenvalue weighted by atomic mass is 16.3. The quantitative estimate of drug-likeness (QED) is 0.757. The molecular weight excluding hydrogens is 302 g/mol. The Balaban J connectivity index is 1.50. The van der Waals surface area contributed by atoms with Gasteiger partial charge >= 0.3 is 0 Å². The molecule has 0 bridgehead atoms. The van der Waals surface area contributed by atoms with Crippen LogP contribution in [0.3, 0.4) is 0 Å². The number of benzene rings is 2. The van der Waals surface area contributed by atoms with Crippen molar-refractivity contribution in [2.45, 2.75) is 18.4 Å². The summed E-state index contributed by atoms with van der Waals surface area (Å²) in [6, 6.07) is 17.5. The minimum absolute atomic E-state index is 0.0246. The minimum atomic E-state index is -0.485. The fourth-order valence-electron chi connectivity index (χ4n) is 3.38. The molecule has 4 nitrogen and oxygen atoms in total. The van der Waals surface area contributed by atoms with Crippen LogP contribution >= 0.6 is 0 Å². The maximum absolute atomic E-state index is 12.5. The zero-order valence-corrected chi connectivity index (χ0v) is 13.2. The number of amides is 1. The van der Waals surface area contributed by atoms with Crippen LogP contribution in [0.4, 0.5) is 0 Å². The first-order valence-electron chi connectivity index (χ1n) is 8.20. The zero-order chi connectivity index (χ0) is 16.5. The molecule has 3 unspecified atom stereocenters. The lowest BCUT2D eigenvalue weighted by molar-refractivity contribution is -0.123. The van der Waals surface area contributed by atoms with E-state index in [1.165, 1.54) is 16.3 Å². The van der Waals surface area contributed by atoms with E-state index in [2.05, 4.69) is 29.6 Å². The second-order valence-electron chi connectivity index (χ2n) is 6.28. The normalized spacial score (nSPS) is 20.7. The molecule has 1 aliphatic rings. The fourth-order valence-corrected chi connectivity index (χ4v) is 3.38. The van der Waals surface area contributed by atoms with E-state index in [1.807, 2.05) is 18.2 Å². The van der Waals surface area contributed by atoms with Crippen LogP contribution in [0.25, 0.3) is 10.8 Å². The van der Waals surface area contributed by atoms with Crippen LogP contribution in [0.15, 0.2) is 65.3 Å². The van der Waals surface area contributed by atoms with Crippen LogP contribution in [0.5, 0.6) is 0 Å². The third-order valence-corrected chi connectivity index (χ3v) is 4.74. The number of carbonyl (C=O) groups is 1. The molecule has 24 heavy (non-hydrogen) atoms. The highest BCUT2D eigenvalue weighted by Crippen LogP contribution is 2.49. The number of aliphatic hydroxyl groups is 1. The van der Waals surface area contributed by atoms with Crippen molar-refractivity contribution in [1.29, 1.82) is 0 Å². The Morgan fingerprint density at radius 1 is 1.17 bits per heavy atom. The number of aliphatic hydroxyl groups excluding tert-OH is 1. The molecule has 1 aliphatic carbocycles. The van der Waals surface area contributed by atoms with E-state index in [1.54, 1.807) is 18.4 Å². The van der Waals surface area contributed by atoms with Crippen molar-refractivity contribution in [2.75, 3.05) is 6.61 Å². The molecule has 2 aromatic carbocycles. The summed E-state index contributed by atoms with van der Waals surface area (Å²) in [6.07, 6.45) is 2.39. The van der Waals surface area contributed by atoms with Crippen LogP contribution in [-0.4, -0.2) is 17.6 Å². The predicted octanol–water partition coefficient (Wildman–Crippen LogP) is 3.39. The molecular formula is C20H19NO3. The molecule has 3 atom stereocenters. The molecule has 1 fully saturated rings. The Kier molecular flexibility index (Phi) is 3.82. The lowest BCUT2D eigenvalue weighted by atomic mass is 10.00. The summed E-state index contributed by atoms with van der Waals surface area (Å²) in [4.78, 5) is 12.5. The third-order valence-electron chi connectivity index (χ3n) is 4.74. The van der Waals surface area contributed by atoms with Gasteiger partial charge in [0.2, 0.25) is 5.91 Å². The number of nitrogens with one attached hydrogen (secondary N) is 1. The summed E-state index contributed by atoms with van der Waals surface area (Å²) in [6.45, 7) is -0.176. The molecule has 0 radical (unpaired) electrons. The van der Waals surface area contributed by atoms with Gasteiger partial charge in [0.15, 0.2) is 0 Å². The first-order valence-corrected chi connectivity index (χ1v) is 8.20. The highest BCUT2D eigenvalue weighted by molar-refractivity contribution is 5.89. The van der Waals surface area contributed by atoms with E-state index >= 15 is 0 Å². The van der Waals surface area contributed by atoms with Gasteiger partial charge < -0.3 is 14.8 Å². The van der Waals surface area contributed by atoms with Crippen molar-refractivity contribution in [3.05, 3.63) is 72.2 Å². The Labute approximate surface area is 140 Å². The molecule has 122 valence electrons. The molecule has 4 rings (SSSR count). The van der Waals surface area contributed by atoms with Crippen molar-refractivity contribution in [2.24, 2.45) is 5.92 Å². The summed E-state index contributed by atoms with van der Waals surface area (Å²) < 4.78 is 5.28. The predicted molar refractivity (Wildman–Crippen MR) is 91.5 cm³/mol. The van der Waals surface area contributed by atoms with Crippen molar-refractivity contribution >= 4 is 16.7 Å². The molecule has 1 aromatic heterocycles. The van der Waals surface area contributed by atoms with Gasteiger partial charge in [0, 0.05) is 5.92 Å². The lowest BCUT2D eigenvalue weighted by Crippen LogP contribution is -2.32. The molecule has 0 aliphatic heterocycles. The van der Waals surface area contributed by atoms with Crippen LogP contribution in [0.1, 0.15) is 29.7 Å². The van der Waals surface area contributed by atoms with Gasteiger partial charge in [-0.1, -0.05) is 42.5 Å². The van der Waals surface area contributed by atoms with Gasteiger partial charge in [0.05, 0.1) is 12.9 Å². The standard InChI is InChI=1S/C20H19NO3/c22-12-18(19-9-4-10-24-19)21-20(23)17-11-16(17)15-8-3-6-13-5-1-2-7-14(13)15/h1-10,16-18,22H,11-12H2,(H,21,23). The topological polar surface area (TPSA) is 62.5 Å². The SMILES string of the molecule is O=C(NC(CO)c1ccco1)C1CC1c1cccc2ccccc12. The summed E-state index contributed by atoms with van der Waals surface area (Å²) in [5.41, 5.74) is 1.23. The van der Waals surface area contributed by atoms with Gasteiger partial charge in [-0.25, -0.2) is 0 Å². The first kappa shape index (κ1) is 15.0. The van der Waals surface area contributed by atoms with E-state index < -0.39 is 6.04 Å². The number of hydrogen-bond acceptors (Lipinski definition) is 3. The first-order chi connectivity index (χ1) is 11.8. The van der Waals surface area contributed by atoms with Gasteiger partial charge in [-0.05, 0) is 40.8 Å². The largest absolute Gasteiger partial charge is 0.467 e. The molecule has 0 spiro atoms. The number of hydrogen-bond donors (Lipinski definition) is 2. The van der Waals surface area contributed by atoms with Gasteiger partial charge in [-0.15, -0.1) is 0 Å². The Bertz CT molecular complexity index is 851. The molecule has 1 heterocycles. The average molecular weight is 321 g/mol. The third kappa shape index (κ3) is 2.69. The Morgan fingerprint density at radius 3 is 2.79 bits per heavy atom. The van der Waals surface area contributed by atoms with Crippen LogP contribution in [-0.2, 0) is 4.79 Å². The van der Waals surface area contributed by atoms with Crippen molar-refractivity contribution in [3.63, 3.8) is 0 Å². The number of fused-ring (bicyclic) bond motifs is 1. The summed E-state index contributed by atoms with van der Waals surface area (Å²) in [7, 11) is 0. The number of furan rings is 1. The van der Waals surface area contributed by atoms with Gasteiger partial charge in [0.1, 0.15) is 11.8 Å². The van der Waals surface area contributed by atoms with Gasteiger partial charge in [-0.3, -0.25) is 4.79 Å². The van der Waals surface area contributed by atoms with Gasteiger partial charge in [0.25, 0.3) is 0 Å². The summed E-state index contributed by atoms with van der Waals surface area (Å²) in [5.74, 6) is 0.753. The smallest absolute Gasteiger partial charge is 0.224 e. The summed E-state index contributed by atoms with van der Waals surface area (Å²) >= 11 is 0. The average Bonchev–Trinajstić information content (AvgIpc) is 3.24. The maximum Gasteiger partial charge on any atom is 0.224 e. The molecule has 2 N–H and O–H groups in total. The van der Waals surface area contributed by atoms with Crippen molar-refractivity contribution in [1.82, 2.24) is 5.32 Å². The van der Waals surface area contributed by atoms with Crippen LogP contribution in [0, 0.1) is 5.92 Å². The van der Waals surface area contributed by atoms with Crippen LogP contribution < -0.4 is 5.32 Å². The Morgan fingerprint density at radius 2 is 2.00 bits per heavy atom. The minimum Gasteiger partial charge on any atom is -0.467 e. The van der Waals surface area contributed by atoms with E-state index in [0.717, 1.165) is 6.42 Å². The molecule has 1 amide bonds. The molecule has 3 aromatic rings. The van der Waals surface area contributed by atoms with E-state index in [9.17, 15) is 9.90 Å². The van der Waals surface area contributed by atoms with Crippen molar-refractivity contribution in [3.8, 4) is 0 Å². The molecule has 0 saturated heterocycles. The van der Waals surface area contributed by atoms with Gasteiger partial charge in [-0.2, -0.15) is 0 Å². The summed E-state index contributed by atoms with van der Waals surface area (Å²) in [5, 5.41) is 14.8. The Hall–Kier alpha value is -2.59. The monoisotopic (exact) mass is 321 g/mol. The lowest BCUT2D eigenvalue weighted by Gasteiger charge is -2.14. The zero-order valence-electron chi connectivity index (χ0n) is 13.2.